The number of carboxylic acid groups (broad SMARTS) is 1. The molecule has 2 N–H and O–H groups in total. The van der Waals surface area contributed by atoms with Gasteiger partial charge in [0.2, 0.25) is 5.91 Å². The van der Waals surface area contributed by atoms with Gasteiger partial charge in [-0.3, -0.25) is 9.59 Å². The van der Waals surface area contributed by atoms with Gasteiger partial charge < -0.3 is 15.2 Å². The zero-order valence-electron chi connectivity index (χ0n) is 11.5. The molecule has 0 atom stereocenters. The number of rotatable bonds is 6. The molecule has 0 aliphatic rings. The average Bonchev–Trinajstić information content (AvgIpc) is 2.11. The number of amides is 1. The molecule has 18 heavy (non-hydrogen) atoms. The molecular formula is C12H21NO5. The predicted octanol–water partition coefficient (Wildman–Crippen LogP) is 0.945. The van der Waals surface area contributed by atoms with Crippen LogP contribution < -0.4 is 5.32 Å². The van der Waals surface area contributed by atoms with Crippen LogP contribution >= 0.6 is 0 Å². The fraction of sp³-hybridized carbons (Fsp3) is 0.750. The van der Waals surface area contributed by atoms with E-state index in [0.29, 0.717) is 0 Å². The lowest BCUT2D eigenvalue weighted by molar-refractivity contribution is -0.150. The lowest BCUT2D eigenvalue weighted by Crippen LogP contribution is -2.51. The summed E-state index contributed by atoms with van der Waals surface area (Å²) in [5, 5.41) is 11.2. The highest BCUT2D eigenvalue weighted by molar-refractivity contribution is 5.87. The van der Waals surface area contributed by atoms with E-state index in [2.05, 4.69) is 10.1 Å². The lowest BCUT2D eigenvalue weighted by Gasteiger charge is -2.27. The maximum Gasteiger partial charge on any atom is 0.330 e. The van der Waals surface area contributed by atoms with Crippen LogP contribution in [0.25, 0.3) is 0 Å². The first-order chi connectivity index (χ1) is 8.00. The van der Waals surface area contributed by atoms with Crippen molar-refractivity contribution in [3.63, 3.8) is 0 Å². The van der Waals surface area contributed by atoms with Crippen molar-refractivity contribution in [3.8, 4) is 0 Å². The van der Waals surface area contributed by atoms with Crippen molar-refractivity contribution in [2.45, 2.75) is 46.1 Å². The molecule has 0 unspecified atom stereocenters. The van der Waals surface area contributed by atoms with E-state index in [1.54, 1.807) is 13.8 Å². The molecule has 0 fully saturated rings. The quantitative estimate of drug-likeness (QED) is 0.693. The highest BCUT2D eigenvalue weighted by Crippen LogP contribution is 2.25. The van der Waals surface area contributed by atoms with Crippen LogP contribution in [0.4, 0.5) is 0 Å². The molecule has 0 radical (unpaired) electrons. The molecule has 6 nitrogen and oxygen atoms in total. The Balaban J connectivity index is 4.52. The van der Waals surface area contributed by atoms with E-state index in [0.717, 1.165) is 0 Å². The molecule has 0 aliphatic carbocycles. The van der Waals surface area contributed by atoms with E-state index in [4.69, 9.17) is 5.11 Å². The van der Waals surface area contributed by atoms with Crippen LogP contribution in [0.2, 0.25) is 0 Å². The second-order valence-electron chi connectivity index (χ2n) is 5.58. The van der Waals surface area contributed by atoms with E-state index in [1.165, 1.54) is 21.0 Å². The topological polar surface area (TPSA) is 92.7 Å². The van der Waals surface area contributed by atoms with Crippen molar-refractivity contribution < 1.29 is 24.2 Å². The molecule has 0 spiro atoms. The van der Waals surface area contributed by atoms with Crippen molar-refractivity contribution in [3.05, 3.63) is 0 Å². The first-order valence-electron chi connectivity index (χ1n) is 5.61. The molecule has 1 amide bonds. The van der Waals surface area contributed by atoms with E-state index in [-0.39, 0.29) is 18.7 Å². The van der Waals surface area contributed by atoms with Gasteiger partial charge in [0.1, 0.15) is 5.54 Å². The number of esters is 1. The Bertz CT molecular complexity index is 346. The summed E-state index contributed by atoms with van der Waals surface area (Å²) in [5.41, 5.74) is -1.78. The highest BCUT2D eigenvalue weighted by Gasteiger charge is 2.33. The Labute approximate surface area is 107 Å². The maximum atomic E-state index is 11.8. The largest absolute Gasteiger partial charge is 0.481 e. The Kier molecular flexibility index (Phi) is 5.32. The molecule has 0 rings (SSSR count). The summed E-state index contributed by atoms with van der Waals surface area (Å²) in [4.78, 5) is 33.8. The summed E-state index contributed by atoms with van der Waals surface area (Å²) in [7, 11) is 1.24. The van der Waals surface area contributed by atoms with Crippen LogP contribution in [-0.2, 0) is 19.1 Å². The fourth-order valence-electron chi connectivity index (χ4n) is 1.61. The van der Waals surface area contributed by atoms with E-state index < -0.39 is 22.9 Å². The van der Waals surface area contributed by atoms with Crippen LogP contribution in [0, 0.1) is 5.41 Å². The van der Waals surface area contributed by atoms with Gasteiger partial charge in [-0.1, -0.05) is 13.8 Å². The average molecular weight is 259 g/mol. The summed E-state index contributed by atoms with van der Waals surface area (Å²) >= 11 is 0. The normalized spacial score (nSPS) is 11.8. The summed E-state index contributed by atoms with van der Waals surface area (Å²) in [6.07, 6.45) is -0.0845. The highest BCUT2D eigenvalue weighted by atomic mass is 16.5. The molecule has 0 bridgehead atoms. The number of nitrogens with one attached hydrogen (secondary N) is 1. The molecule has 0 aromatic heterocycles. The smallest absolute Gasteiger partial charge is 0.330 e. The molecular weight excluding hydrogens is 238 g/mol. The molecule has 0 aliphatic heterocycles. The molecule has 104 valence electrons. The molecule has 0 aromatic rings. The van der Waals surface area contributed by atoms with E-state index in [9.17, 15) is 14.4 Å². The zero-order chi connectivity index (χ0) is 14.6. The van der Waals surface area contributed by atoms with Gasteiger partial charge in [-0.2, -0.15) is 0 Å². The van der Waals surface area contributed by atoms with Gasteiger partial charge in [-0.15, -0.1) is 0 Å². The minimum atomic E-state index is -1.12. The minimum absolute atomic E-state index is 0.0275. The van der Waals surface area contributed by atoms with E-state index >= 15 is 0 Å². The van der Waals surface area contributed by atoms with Crippen LogP contribution in [0.1, 0.15) is 40.5 Å². The molecule has 0 aromatic carbocycles. The Morgan fingerprint density at radius 2 is 1.61 bits per heavy atom. The number of methoxy groups -OCH3 is 1. The summed E-state index contributed by atoms with van der Waals surface area (Å²) in [6, 6.07) is 0. The first kappa shape index (κ1) is 16.4. The molecule has 0 saturated heterocycles. The van der Waals surface area contributed by atoms with Crippen molar-refractivity contribution in [1.29, 1.82) is 0 Å². The lowest BCUT2D eigenvalue weighted by atomic mass is 9.85. The third-order valence-electron chi connectivity index (χ3n) is 2.42. The fourth-order valence-corrected chi connectivity index (χ4v) is 1.61. The van der Waals surface area contributed by atoms with Crippen molar-refractivity contribution in [1.82, 2.24) is 5.32 Å². The molecule has 0 heterocycles. The van der Waals surface area contributed by atoms with Gasteiger partial charge in [-0.25, -0.2) is 4.79 Å². The molecule has 6 heteroatoms. The van der Waals surface area contributed by atoms with Crippen molar-refractivity contribution in [2.75, 3.05) is 7.11 Å². The molecule has 0 saturated carbocycles. The minimum Gasteiger partial charge on any atom is -0.481 e. The van der Waals surface area contributed by atoms with Gasteiger partial charge in [0.15, 0.2) is 0 Å². The number of carbonyl (C=O) groups is 3. The Hall–Kier alpha value is -1.59. The van der Waals surface area contributed by atoms with Crippen LogP contribution in [0.5, 0.6) is 0 Å². The predicted molar refractivity (Wildman–Crippen MR) is 64.9 cm³/mol. The van der Waals surface area contributed by atoms with Crippen molar-refractivity contribution in [2.24, 2.45) is 5.41 Å². The number of aliphatic carboxylic acids is 1. The summed E-state index contributed by atoms with van der Waals surface area (Å²) < 4.78 is 4.56. The second-order valence-corrected chi connectivity index (χ2v) is 5.58. The Morgan fingerprint density at radius 1 is 1.11 bits per heavy atom. The number of hydrogen-bond donors (Lipinski definition) is 2. The van der Waals surface area contributed by atoms with Crippen LogP contribution in [0.15, 0.2) is 0 Å². The number of carbonyl (C=O) groups excluding carboxylic acids is 2. The van der Waals surface area contributed by atoms with Gasteiger partial charge >= 0.3 is 11.9 Å². The number of carboxylic acids is 1. The standard InChI is InChI=1S/C12H21NO5/c1-11(2,7-9(15)16)6-8(14)13-12(3,4)10(17)18-5/h6-7H2,1-5H3,(H,13,14)(H,15,16). The number of hydrogen-bond acceptors (Lipinski definition) is 4. The van der Waals surface area contributed by atoms with Gasteiger partial charge in [0.05, 0.1) is 13.5 Å². The van der Waals surface area contributed by atoms with Gasteiger partial charge in [0.25, 0.3) is 0 Å². The third-order valence-corrected chi connectivity index (χ3v) is 2.42. The maximum absolute atomic E-state index is 11.8. The number of ether oxygens (including phenoxy) is 1. The van der Waals surface area contributed by atoms with Crippen LogP contribution in [0.3, 0.4) is 0 Å². The van der Waals surface area contributed by atoms with Gasteiger partial charge in [0, 0.05) is 6.42 Å². The second kappa shape index (κ2) is 5.84. The third kappa shape index (κ3) is 5.65. The van der Waals surface area contributed by atoms with Crippen LogP contribution in [-0.4, -0.2) is 35.6 Å². The monoisotopic (exact) mass is 259 g/mol. The van der Waals surface area contributed by atoms with Crippen molar-refractivity contribution >= 4 is 17.8 Å². The van der Waals surface area contributed by atoms with Gasteiger partial charge in [-0.05, 0) is 19.3 Å². The summed E-state index contributed by atoms with van der Waals surface area (Å²) in [6.45, 7) is 6.43. The summed E-state index contributed by atoms with van der Waals surface area (Å²) in [5.74, 6) is -1.89. The van der Waals surface area contributed by atoms with E-state index in [1.807, 2.05) is 0 Å². The Morgan fingerprint density at radius 3 is 2.00 bits per heavy atom. The first-order valence-corrected chi connectivity index (χ1v) is 5.61. The SMILES string of the molecule is COC(=O)C(C)(C)NC(=O)CC(C)(C)CC(=O)O. The zero-order valence-corrected chi connectivity index (χ0v) is 11.5.